The Morgan fingerprint density at radius 3 is 2.39 bits per heavy atom. The van der Waals surface area contributed by atoms with Crippen molar-refractivity contribution in [2.24, 2.45) is 5.10 Å². The molecule has 1 saturated carbocycles. The first-order valence-corrected chi connectivity index (χ1v) is 14.1. The lowest BCUT2D eigenvalue weighted by Crippen LogP contribution is -2.20. The monoisotopic (exact) mass is 523 g/mol. The van der Waals surface area contributed by atoms with E-state index in [9.17, 15) is 4.79 Å². The molecule has 5 heteroatoms. The summed E-state index contributed by atoms with van der Waals surface area (Å²) in [6.45, 7) is 4.18. The highest BCUT2D eigenvalue weighted by Crippen LogP contribution is 2.33. The standard InChI is InChI=1S/C33H34ClN3O/c1-3-22-13-15-26(16-14-22)31-21-28(27-11-8-12-29(34)32(27)35-31)33(38)37-36-30(4-2)25-19-17-24(18-20-25)23-9-6-5-7-10-23/h8,11-21,23H,3-7,9-10H2,1-2H3,(H,37,38)/b36-30+. The molecule has 38 heavy (non-hydrogen) atoms. The topological polar surface area (TPSA) is 54.4 Å². The van der Waals surface area contributed by atoms with E-state index in [-0.39, 0.29) is 5.91 Å². The fraction of sp³-hybridized carbons (Fsp3) is 0.303. The Morgan fingerprint density at radius 1 is 0.974 bits per heavy atom. The highest BCUT2D eigenvalue weighted by Gasteiger charge is 2.17. The third kappa shape index (κ3) is 5.66. The van der Waals surface area contributed by atoms with Gasteiger partial charge in [0.2, 0.25) is 0 Å². The second-order valence-corrected chi connectivity index (χ2v) is 10.5. The summed E-state index contributed by atoms with van der Waals surface area (Å²) >= 11 is 6.52. The average molecular weight is 524 g/mol. The number of nitrogens with zero attached hydrogens (tertiary/aromatic N) is 2. The van der Waals surface area contributed by atoms with E-state index >= 15 is 0 Å². The van der Waals surface area contributed by atoms with Gasteiger partial charge in [0.1, 0.15) is 0 Å². The highest BCUT2D eigenvalue weighted by atomic mass is 35.5. The number of pyridine rings is 1. The van der Waals surface area contributed by atoms with E-state index < -0.39 is 0 Å². The molecule has 0 bridgehead atoms. The van der Waals surface area contributed by atoms with Gasteiger partial charge >= 0.3 is 0 Å². The molecule has 4 aromatic rings. The molecule has 1 aromatic heterocycles. The van der Waals surface area contributed by atoms with Crippen LogP contribution in [-0.4, -0.2) is 16.6 Å². The zero-order valence-corrected chi connectivity index (χ0v) is 22.9. The van der Waals surface area contributed by atoms with Crippen LogP contribution in [0.4, 0.5) is 0 Å². The number of hydrogen-bond acceptors (Lipinski definition) is 3. The number of carbonyl (C=O) groups excluding carboxylic acids is 1. The Balaban J connectivity index is 1.43. The zero-order valence-electron chi connectivity index (χ0n) is 22.1. The summed E-state index contributed by atoms with van der Waals surface area (Å²) in [5.41, 5.74) is 10.1. The van der Waals surface area contributed by atoms with Crippen molar-refractivity contribution >= 4 is 34.1 Å². The summed E-state index contributed by atoms with van der Waals surface area (Å²) in [4.78, 5) is 18.3. The number of rotatable bonds is 7. The minimum atomic E-state index is -0.282. The van der Waals surface area contributed by atoms with Crippen molar-refractivity contribution < 1.29 is 4.79 Å². The summed E-state index contributed by atoms with van der Waals surface area (Å²) in [7, 11) is 0. The molecule has 0 radical (unpaired) electrons. The molecule has 1 aliphatic carbocycles. The Bertz CT molecular complexity index is 1450. The second kappa shape index (κ2) is 11.9. The molecule has 3 aromatic carbocycles. The molecule has 0 spiro atoms. The van der Waals surface area contributed by atoms with Crippen LogP contribution in [0.15, 0.2) is 77.9 Å². The largest absolute Gasteiger partial charge is 0.272 e. The van der Waals surface area contributed by atoms with Crippen molar-refractivity contribution in [1.82, 2.24) is 10.4 Å². The molecule has 1 fully saturated rings. The number of halogens is 1. The quantitative estimate of drug-likeness (QED) is 0.194. The van der Waals surface area contributed by atoms with Gasteiger partial charge in [-0.25, -0.2) is 10.4 Å². The predicted octanol–water partition coefficient (Wildman–Crippen LogP) is 8.71. The number of amides is 1. The van der Waals surface area contributed by atoms with Crippen LogP contribution in [0.3, 0.4) is 0 Å². The van der Waals surface area contributed by atoms with Crippen molar-refractivity contribution in [2.45, 2.75) is 64.7 Å². The first-order chi connectivity index (χ1) is 18.6. The van der Waals surface area contributed by atoms with Crippen molar-refractivity contribution in [2.75, 3.05) is 0 Å². The third-order valence-electron chi connectivity index (χ3n) is 7.64. The maximum Gasteiger partial charge on any atom is 0.272 e. The van der Waals surface area contributed by atoms with Crippen LogP contribution >= 0.6 is 11.6 Å². The summed E-state index contributed by atoms with van der Waals surface area (Å²) in [6.07, 6.45) is 8.22. The van der Waals surface area contributed by atoms with Gasteiger partial charge in [-0.2, -0.15) is 5.10 Å². The Hall–Kier alpha value is -3.50. The molecule has 0 unspecified atom stereocenters. The van der Waals surface area contributed by atoms with Gasteiger partial charge in [0.15, 0.2) is 0 Å². The van der Waals surface area contributed by atoms with E-state index in [1.54, 1.807) is 6.07 Å². The number of aryl methyl sites for hydroxylation is 1. The summed E-state index contributed by atoms with van der Waals surface area (Å²) < 4.78 is 0. The normalized spacial score (nSPS) is 14.6. The van der Waals surface area contributed by atoms with E-state index in [1.165, 1.54) is 43.2 Å². The second-order valence-electron chi connectivity index (χ2n) is 10.1. The number of benzene rings is 3. The van der Waals surface area contributed by atoms with E-state index in [0.717, 1.165) is 23.3 Å². The lowest BCUT2D eigenvalue weighted by atomic mass is 9.84. The average Bonchev–Trinajstić information content (AvgIpc) is 2.98. The predicted molar refractivity (Wildman–Crippen MR) is 158 cm³/mol. The van der Waals surface area contributed by atoms with Gasteiger partial charge in [0.25, 0.3) is 5.91 Å². The number of hydrogen-bond donors (Lipinski definition) is 1. The Kier molecular flexibility index (Phi) is 8.19. The minimum Gasteiger partial charge on any atom is -0.267 e. The van der Waals surface area contributed by atoms with Gasteiger partial charge in [-0.15, -0.1) is 0 Å². The zero-order chi connectivity index (χ0) is 26.5. The van der Waals surface area contributed by atoms with Crippen LogP contribution in [-0.2, 0) is 6.42 Å². The SMILES string of the molecule is CC/C(=N\NC(=O)c1cc(-c2ccc(CC)cc2)nc2c(Cl)cccc12)c1ccc(C2CCCCC2)cc1. The maximum absolute atomic E-state index is 13.5. The fourth-order valence-electron chi connectivity index (χ4n) is 5.37. The van der Waals surface area contributed by atoms with Gasteiger partial charge < -0.3 is 0 Å². The molecule has 0 saturated heterocycles. The number of hydrazone groups is 1. The molecular weight excluding hydrogens is 490 g/mol. The van der Waals surface area contributed by atoms with Crippen LogP contribution < -0.4 is 5.43 Å². The van der Waals surface area contributed by atoms with Crippen LogP contribution in [0, 0.1) is 0 Å². The van der Waals surface area contributed by atoms with E-state index in [2.05, 4.69) is 60.8 Å². The molecule has 1 N–H and O–H groups in total. The molecule has 0 aliphatic heterocycles. The number of aromatic nitrogens is 1. The van der Waals surface area contributed by atoms with Gasteiger partial charge in [-0.1, -0.05) is 105 Å². The molecule has 1 aliphatic rings. The number of carbonyl (C=O) groups is 1. The molecule has 5 rings (SSSR count). The van der Waals surface area contributed by atoms with E-state index in [4.69, 9.17) is 16.6 Å². The molecule has 0 atom stereocenters. The summed E-state index contributed by atoms with van der Waals surface area (Å²) in [6, 6.07) is 24.3. The van der Waals surface area contributed by atoms with Gasteiger partial charge in [-0.05, 0) is 60.4 Å². The smallest absolute Gasteiger partial charge is 0.267 e. The lowest BCUT2D eigenvalue weighted by molar-refractivity contribution is 0.0956. The van der Waals surface area contributed by atoms with Crippen LogP contribution in [0.5, 0.6) is 0 Å². The number of nitrogens with one attached hydrogen (secondary N) is 1. The van der Waals surface area contributed by atoms with Gasteiger partial charge in [0.05, 0.1) is 27.5 Å². The van der Waals surface area contributed by atoms with Crippen molar-refractivity contribution in [1.29, 1.82) is 0 Å². The third-order valence-corrected chi connectivity index (χ3v) is 7.95. The van der Waals surface area contributed by atoms with Crippen LogP contribution in [0.25, 0.3) is 22.2 Å². The van der Waals surface area contributed by atoms with Gasteiger partial charge in [-0.3, -0.25) is 4.79 Å². The van der Waals surface area contributed by atoms with Crippen molar-refractivity contribution in [3.05, 3.63) is 100 Å². The molecule has 1 heterocycles. The molecule has 1 amide bonds. The van der Waals surface area contributed by atoms with Crippen LogP contribution in [0.1, 0.15) is 85.3 Å². The molecule has 194 valence electrons. The molecule has 4 nitrogen and oxygen atoms in total. The minimum absolute atomic E-state index is 0.282. The highest BCUT2D eigenvalue weighted by molar-refractivity contribution is 6.35. The Morgan fingerprint density at radius 2 is 1.71 bits per heavy atom. The Labute approximate surface area is 230 Å². The van der Waals surface area contributed by atoms with E-state index in [1.807, 2.05) is 30.3 Å². The first kappa shape index (κ1) is 26.1. The van der Waals surface area contributed by atoms with Gasteiger partial charge in [0, 0.05) is 10.9 Å². The van der Waals surface area contributed by atoms with Crippen molar-refractivity contribution in [3.8, 4) is 11.3 Å². The summed E-state index contributed by atoms with van der Waals surface area (Å²) in [5.74, 6) is 0.384. The van der Waals surface area contributed by atoms with Crippen molar-refractivity contribution in [3.63, 3.8) is 0 Å². The first-order valence-electron chi connectivity index (χ1n) is 13.7. The number of fused-ring (bicyclic) bond motifs is 1. The number of para-hydroxylation sites is 1. The maximum atomic E-state index is 13.5. The van der Waals surface area contributed by atoms with E-state index in [0.29, 0.717) is 39.5 Å². The fourth-order valence-corrected chi connectivity index (χ4v) is 5.59. The molecular formula is C33H34ClN3O. The van der Waals surface area contributed by atoms with Crippen LogP contribution in [0.2, 0.25) is 5.02 Å². The summed E-state index contributed by atoms with van der Waals surface area (Å²) in [5, 5.41) is 5.77. The lowest BCUT2D eigenvalue weighted by Gasteiger charge is -2.22.